The highest BCUT2D eigenvalue weighted by molar-refractivity contribution is 6.05. The largest absolute Gasteiger partial charge is 0.398 e. The fourth-order valence-corrected chi connectivity index (χ4v) is 5.04. The van der Waals surface area contributed by atoms with Gasteiger partial charge in [-0.3, -0.25) is 4.79 Å². The summed E-state index contributed by atoms with van der Waals surface area (Å²) in [5.74, 6) is 1.32. The van der Waals surface area contributed by atoms with Crippen LogP contribution in [-0.2, 0) is 7.05 Å². The van der Waals surface area contributed by atoms with Gasteiger partial charge >= 0.3 is 0 Å². The van der Waals surface area contributed by atoms with Crippen molar-refractivity contribution in [3.63, 3.8) is 0 Å². The number of aromatic nitrogens is 3. The zero-order chi connectivity index (χ0) is 22.1. The van der Waals surface area contributed by atoms with Crippen LogP contribution in [0, 0.1) is 18.3 Å². The molecule has 160 valence electrons. The van der Waals surface area contributed by atoms with E-state index in [2.05, 4.69) is 35.0 Å². The topological polar surface area (TPSA) is 102 Å². The number of benzene rings is 2. The maximum atomic E-state index is 13.7. The van der Waals surface area contributed by atoms with Crippen LogP contribution in [0.1, 0.15) is 41.8 Å². The number of pyridine rings is 1. The molecular weight excluding hydrogens is 400 g/mol. The molecule has 7 heteroatoms. The number of nitrogens with two attached hydrogens (primary N) is 1. The predicted molar refractivity (Wildman–Crippen MR) is 126 cm³/mol. The van der Waals surface area contributed by atoms with Gasteiger partial charge in [0.25, 0.3) is 5.56 Å². The van der Waals surface area contributed by atoms with Crippen molar-refractivity contribution in [3.8, 4) is 17.2 Å². The quantitative estimate of drug-likeness (QED) is 0.491. The number of nitrogens with one attached hydrogen (secondary N) is 1. The van der Waals surface area contributed by atoms with E-state index in [1.807, 2.05) is 23.7 Å². The van der Waals surface area contributed by atoms with Crippen LogP contribution in [0.5, 0.6) is 0 Å². The minimum atomic E-state index is -0.000553. The van der Waals surface area contributed by atoms with Gasteiger partial charge in [-0.2, -0.15) is 5.26 Å². The molecular formula is C25H24N6O. The van der Waals surface area contributed by atoms with Gasteiger partial charge < -0.3 is 20.2 Å². The molecule has 0 unspecified atom stereocenters. The van der Waals surface area contributed by atoms with Gasteiger partial charge in [-0.25, -0.2) is 4.98 Å². The lowest BCUT2D eigenvalue weighted by atomic mass is 9.95. The van der Waals surface area contributed by atoms with Gasteiger partial charge in [0.15, 0.2) is 5.52 Å². The first kappa shape index (κ1) is 19.1. The van der Waals surface area contributed by atoms with E-state index in [9.17, 15) is 10.1 Å². The van der Waals surface area contributed by atoms with Crippen molar-refractivity contribution < 1.29 is 0 Å². The minimum absolute atomic E-state index is 0.000553. The van der Waals surface area contributed by atoms with E-state index in [4.69, 9.17) is 10.7 Å². The van der Waals surface area contributed by atoms with Crippen molar-refractivity contribution in [2.75, 3.05) is 18.8 Å². The monoisotopic (exact) mass is 424 g/mol. The molecule has 0 spiro atoms. The van der Waals surface area contributed by atoms with E-state index in [1.54, 1.807) is 6.07 Å². The number of fused-ring (bicyclic) bond motifs is 3. The van der Waals surface area contributed by atoms with Crippen molar-refractivity contribution in [1.82, 2.24) is 19.4 Å². The van der Waals surface area contributed by atoms with Crippen molar-refractivity contribution in [2.45, 2.75) is 31.7 Å². The van der Waals surface area contributed by atoms with Crippen LogP contribution in [-0.4, -0.2) is 27.2 Å². The Kier molecular flexibility index (Phi) is 3.99. The van der Waals surface area contributed by atoms with Gasteiger partial charge in [-0.15, -0.1) is 0 Å². The van der Waals surface area contributed by atoms with Crippen LogP contribution in [0.4, 0.5) is 5.69 Å². The molecule has 0 atom stereocenters. The van der Waals surface area contributed by atoms with E-state index in [0.717, 1.165) is 64.9 Å². The summed E-state index contributed by atoms with van der Waals surface area (Å²) < 4.78 is 4.08. The summed E-state index contributed by atoms with van der Waals surface area (Å²) in [5.41, 5.74) is 12.3. The zero-order valence-corrected chi connectivity index (χ0v) is 18.1. The molecule has 0 radical (unpaired) electrons. The van der Waals surface area contributed by atoms with Crippen LogP contribution < -0.4 is 16.6 Å². The van der Waals surface area contributed by atoms with Gasteiger partial charge in [-0.1, -0.05) is 18.2 Å². The van der Waals surface area contributed by atoms with Crippen LogP contribution in [0.25, 0.3) is 33.1 Å². The Bertz CT molecular complexity index is 1530. The average molecular weight is 425 g/mol. The number of nitrogen functional groups attached to an aromatic ring is 1. The Morgan fingerprint density at radius 2 is 1.97 bits per heavy atom. The van der Waals surface area contributed by atoms with Gasteiger partial charge in [0, 0.05) is 43.2 Å². The molecule has 3 heterocycles. The van der Waals surface area contributed by atoms with Gasteiger partial charge in [-0.05, 0) is 48.6 Å². The Balaban J connectivity index is 1.69. The molecule has 0 amide bonds. The van der Waals surface area contributed by atoms with Crippen molar-refractivity contribution in [2.24, 2.45) is 7.05 Å². The number of rotatable bonds is 3. The van der Waals surface area contributed by atoms with Crippen molar-refractivity contribution in [3.05, 3.63) is 57.6 Å². The minimum Gasteiger partial charge on any atom is -0.398 e. The number of aryl methyl sites for hydroxylation is 2. The predicted octanol–water partition coefficient (Wildman–Crippen LogP) is 3.34. The molecule has 2 aliphatic rings. The number of nitrogens with zero attached hydrogens (tertiary/aromatic N) is 4. The summed E-state index contributed by atoms with van der Waals surface area (Å²) in [6.07, 6.45) is 2.02. The summed E-state index contributed by atoms with van der Waals surface area (Å²) in [4.78, 5) is 18.5. The maximum absolute atomic E-state index is 13.7. The summed E-state index contributed by atoms with van der Waals surface area (Å²) >= 11 is 0. The van der Waals surface area contributed by atoms with Crippen molar-refractivity contribution >= 4 is 27.6 Å². The fraction of sp³-hybridized carbons (Fsp3) is 0.320. The standard InChI is InChI=1S/C25H24N6O/c1-13-18(14-3-8-20(27)15(9-14)10-26)6-7-19-22(13)31(17-4-5-17)25(32)21-23(19)30(2)24(29-21)16-11-28-12-16/h3,6-9,16-17,28H,4-5,11-12,27H2,1-2H3. The molecule has 1 aliphatic heterocycles. The Morgan fingerprint density at radius 1 is 1.19 bits per heavy atom. The molecule has 1 saturated heterocycles. The first-order valence-electron chi connectivity index (χ1n) is 11.0. The van der Waals surface area contributed by atoms with Crippen LogP contribution in [0.15, 0.2) is 35.1 Å². The second-order valence-corrected chi connectivity index (χ2v) is 9.04. The van der Waals surface area contributed by atoms with Crippen LogP contribution >= 0.6 is 0 Å². The van der Waals surface area contributed by atoms with E-state index < -0.39 is 0 Å². The fourth-order valence-electron chi connectivity index (χ4n) is 5.04. The molecule has 4 aromatic rings. The van der Waals surface area contributed by atoms with Gasteiger partial charge in [0.2, 0.25) is 0 Å². The molecule has 1 aliphatic carbocycles. The summed E-state index contributed by atoms with van der Waals surface area (Å²) in [7, 11) is 2.02. The lowest BCUT2D eigenvalue weighted by molar-refractivity contribution is 0.423. The smallest absolute Gasteiger partial charge is 0.279 e. The zero-order valence-electron chi connectivity index (χ0n) is 18.1. The molecule has 6 rings (SSSR count). The second-order valence-electron chi connectivity index (χ2n) is 9.04. The Hall–Kier alpha value is -3.63. The highest BCUT2D eigenvalue weighted by atomic mass is 16.1. The van der Waals surface area contributed by atoms with Gasteiger partial charge in [0.1, 0.15) is 11.9 Å². The Morgan fingerprint density at radius 3 is 2.62 bits per heavy atom. The third kappa shape index (κ3) is 2.56. The molecule has 1 saturated carbocycles. The first-order valence-corrected chi connectivity index (χ1v) is 11.0. The van der Waals surface area contributed by atoms with E-state index in [1.165, 1.54) is 0 Å². The van der Waals surface area contributed by atoms with Crippen molar-refractivity contribution in [1.29, 1.82) is 5.26 Å². The first-order chi connectivity index (χ1) is 15.5. The third-order valence-corrected chi connectivity index (χ3v) is 7.02. The Labute approximate surface area is 185 Å². The molecule has 2 fully saturated rings. The normalized spacial score (nSPS) is 16.4. The number of anilines is 1. The number of nitriles is 1. The second kappa shape index (κ2) is 6.68. The van der Waals surface area contributed by atoms with E-state index >= 15 is 0 Å². The number of imidazole rings is 1. The molecule has 2 aromatic heterocycles. The molecule has 7 nitrogen and oxygen atoms in total. The summed E-state index contributed by atoms with van der Waals surface area (Å²) in [6.45, 7) is 3.86. The highest BCUT2D eigenvalue weighted by Gasteiger charge is 2.32. The molecule has 32 heavy (non-hydrogen) atoms. The lowest BCUT2D eigenvalue weighted by Gasteiger charge is -2.26. The number of hydrogen-bond acceptors (Lipinski definition) is 5. The maximum Gasteiger partial charge on any atom is 0.279 e. The summed E-state index contributed by atoms with van der Waals surface area (Å²) in [5, 5.41) is 13.8. The van der Waals surface area contributed by atoms with E-state index in [0.29, 0.717) is 22.7 Å². The third-order valence-electron chi connectivity index (χ3n) is 7.02. The molecule has 2 aromatic carbocycles. The van der Waals surface area contributed by atoms with E-state index in [-0.39, 0.29) is 11.6 Å². The van der Waals surface area contributed by atoms with Crippen LogP contribution in [0.3, 0.4) is 0 Å². The SMILES string of the molecule is Cc1c(-c2ccc(N)c(C#N)c2)ccc2c3c(nc(C4CNC4)n3C)c(=O)n(C3CC3)c12. The van der Waals surface area contributed by atoms with Crippen LogP contribution in [0.2, 0.25) is 0 Å². The van der Waals surface area contributed by atoms with Gasteiger partial charge in [0.05, 0.1) is 16.6 Å². The molecule has 0 bridgehead atoms. The lowest BCUT2D eigenvalue weighted by Crippen LogP contribution is -2.41. The summed E-state index contributed by atoms with van der Waals surface area (Å²) in [6, 6.07) is 12.1. The molecule has 3 N–H and O–H groups in total. The number of hydrogen-bond donors (Lipinski definition) is 2. The average Bonchev–Trinajstić information content (AvgIpc) is 3.53. The highest BCUT2D eigenvalue weighted by Crippen LogP contribution is 2.41.